The molecule has 0 radical (unpaired) electrons. The molecule has 0 bridgehead atoms. The molecule has 0 aliphatic carbocycles. The molecular formula is C17H30N2O3. The molecular weight excluding hydrogens is 280 g/mol. The van der Waals surface area contributed by atoms with Crippen molar-refractivity contribution in [3.63, 3.8) is 0 Å². The van der Waals surface area contributed by atoms with Gasteiger partial charge in [-0.05, 0) is 33.6 Å². The highest BCUT2D eigenvalue weighted by molar-refractivity contribution is 5.88. The number of morpholine rings is 1. The van der Waals surface area contributed by atoms with E-state index >= 15 is 0 Å². The third-order valence-electron chi connectivity index (χ3n) is 4.52. The van der Waals surface area contributed by atoms with Crippen LogP contribution in [0.1, 0.15) is 27.7 Å². The van der Waals surface area contributed by atoms with Gasteiger partial charge < -0.3 is 14.7 Å². The van der Waals surface area contributed by atoms with Crippen LogP contribution in [0.2, 0.25) is 0 Å². The topological polar surface area (TPSA) is 53.0 Å². The van der Waals surface area contributed by atoms with Crippen molar-refractivity contribution < 1.29 is 14.6 Å². The highest BCUT2D eigenvalue weighted by Gasteiger charge is 2.36. The second kappa shape index (κ2) is 7.57. The standard InChI is InChI=1S/C17H30N2O3/c1-12(2)5-17(21)19-9-15(16(10-19)11-20)8-18-6-13(3)22-14(4)7-18/h5,13-16,20H,6-11H2,1-4H3. The van der Waals surface area contributed by atoms with Crippen LogP contribution in [-0.2, 0) is 9.53 Å². The smallest absolute Gasteiger partial charge is 0.246 e. The molecule has 2 heterocycles. The molecule has 4 atom stereocenters. The van der Waals surface area contributed by atoms with Gasteiger partial charge in [-0.1, -0.05) is 5.57 Å². The van der Waals surface area contributed by atoms with E-state index in [9.17, 15) is 9.90 Å². The van der Waals surface area contributed by atoms with Gasteiger partial charge in [0, 0.05) is 51.3 Å². The Labute approximate surface area is 133 Å². The molecule has 1 N–H and O–H groups in total. The number of hydrogen-bond acceptors (Lipinski definition) is 4. The number of allylic oxidation sites excluding steroid dienone is 1. The Morgan fingerprint density at radius 1 is 1.14 bits per heavy atom. The fourth-order valence-corrected chi connectivity index (χ4v) is 3.64. The number of ether oxygens (including phenoxy) is 1. The first-order valence-corrected chi connectivity index (χ1v) is 8.31. The van der Waals surface area contributed by atoms with Crippen LogP contribution >= 0.6 is 0 Å². The molecule has 2 fully saturated rings. The van der Waals surface area contributed by atoms with E-state index < -0.39 is 0 Å². The molecule has 5 nitrogen and oxygen atoms in total. The van der Waals surface area contributed by atoms with Gasteiger partial charge >= 0.3 is 0 Å². The molecule has 2 aliphatic rings. The second-order valence-corrected chi connectivity index (χ2v) is 7.14. The van der Waals surface area contributed by atoms with Gasteiger partial charge in [0.1, 0.15) is 0 Å². The summed E-state index contributed by atoms with van der Waals surface area (Å²) in [7, 11) is 0. The summed E-state index contributed by atoms with van der Waals surface area (Å²) in [5.41, 5.74) is 1.02. The monoisotopic (exact) mass is 310 g/mol. The molecule has 2 saturated heterocycles. The van der Waals surface area contributed by atoms with Crippen LogP contribution in [0.3, 0.4) is 0 Å². The fraction of sp³-hybridized carbons (Fsp3) is 0.824. The lowest BCUT2D eigenvalue weighted by Crippen LogP contribution is -2.48. The van der Waals surface area contributed by atoms with E-state index in [0.29, 0.717) is 12.5 Å². The van der Waals surface area contributed by atoms with Crippen LogP contribution < -0.4 is 0 Å². The molecule has 0 saturated carbocycles. The molecule has 0 aromatic rings. The fourth-order valence-electron chi connectivity index (χ4n) is 3.64. The number of aliphatic hydroxyl groups excluding tert-OH is 1. The van der Waals surface area contributed by atoms with E-state index in [2.05, 4.69) is 18.7 Å². The molecule has 0 spiro atoms. The predicted octanol–water partition coefficient (Wildman–Crippen LogP) is 1.13. The average molecular weight is 310 g/mol. The van der Waals surface area contributed by atoms with E-state index in [0.717, 1.165) is 31.8 Å². The summed E-state index contributed by atoms with van der Waals surface area (Å²) in [5, 5.41) is 9.65. The van der Waals surface area contributed by atoms with Crippen molar-refractivity contribution in [1.82, 2.24) is 9.80 Å². The van der Waals surface area contributed by atoms with Crippen molar-refractivity contribution in [1.29, 1.82) is 0 Å². The number of carbonyl (C=O) groups is 1. The van der Waals surface area contributed by atoms with Crippen LogP contribution in [0.15, 0.2) is 11.6 Å². The lowest BCUT2D eigenvalue weighted by molar-refractivity contribution is -0.125. The van der Waals surface area contributed by atoms with Crippen LogP contribution in [0.25, 0.3) is 0 Å². The highest BCUT2D eigenvalue weighted by atomic mass is 16.5. The van der Waals surface area contributed by atoms with E-state index in [1.165, 1.54) is 0 Å². The number of hydrogen-bond donors (Lipinski definition) is 1. The number of carbonyl (C=O) groups excluding carboxylic acids is 1. The molecule has 2 rings (SSSR count). The summed E-state index contributed by atoms with van der Waals surface area (Å²) in [6, 6.07) is 0. The molecule has 0 aromatic heterocycles. The van der Waals surface area contributed by atoms with E-state index in [1.807, 2.05) is 18.7 Å². The van der Waals surface area contributed by atoms with Crippen molar-refractivity contribution >= 4 is 5.91 Å². The molecule has 126 valence electrons. The summed E-state index contributed by atoms with van der Waals surface area (Å²) >= 11 is 0. The minimum Gasteiger partial charge on any atom is -0.396 e. The zero-order valence-corrected chi connectivity index (χ0v) is 14.3. The van der Waals surface area contributed by atoms with Crippen LogP contribution in [0.5, 0.6) is 0 Å². The van der Waals surface area contributed by atoms with E-state index in [-0.39, 0.29) is 30.6 Å². The summed E-state index contributed by atoms with van der Waals surface area (Å²) in [6.07, 6.45) is 2.19. The minimum absolute atomic E-state index is 0.0738. The first-order chi connectivity index (χ1) is 10.4. The van der Waals surface area contributed by atoms with Crippen molar-refractivity contribution in [3.8, 4) is 0 Å². The van der Waals surface area contributed by atoms with Crippen molar-refractivity contribution in [2.45, 2.75) is 39.9 Å². The summed E-state index contributed by atoms with van der Waals surface area (Å²) < 4.78 is 5.77. The molecule has 22 heavy (non-hydrogen) atoms. The maximum absolute atomic E-state index is 12.2. The third kappa shape index (κ3) is 4.54. The van der Waals surface area contributed by atoms with Crippen molar-refractivity contribution in [2.24, 2.45) is 11.8 Å². The quantitative estimate of drug-likeness (QED) is 0.791. The predicted molar refractivity (Wildman–Crippen MR) is 86.5 cm³/mol. The largest absolute Gasteiger partial charge is 0.396 e. The lowest BCUT2D eigenvalue weighted by Gasteiger charge is -2.37. The first kappa shape index (κ1) is 17.4. The Bertz CT molecular complexity index is 410. The van der Waals surface area contributed by atoms with Gasteiger partial charge in [-0.3, -0.25) is 9.69 Å². The van der Waals surface area contributed by atoms with Gasteiger partial charge in [-0.2, -0.15) is 0 Å². The maximum Gasteiger partial charge on any atom is 0.246 e. The van der Waals surface area contributed by atoms with Gasteiger partial charge in [0.2, 0.25) is 5.91 Å². The van der Waals surface area contributed by atoms with E-state index in [1.54, 1.807) is 6.08 Å². The summed E-state index contributed by atoms with van der Waals surface area (Å²) in [5.74, 6) is 0.602. The van der Waals surface area contributed by atoms with Gasteiger partial charge in [0.25, 0.3) is 0 Å². The zero-order valence-electron chi connectivity index (χ0n) is 14.3. The van der Waals surface area contributed by atoms with Gasteiger partial charge in [0.05, 0.1) is 12.2 Å². The Balaban J connectivity index is 1.95. The average Bonchev–Trinajstić information content (AvgIpc) is 2.79. The Morgan fingerprint density at radius 3 is 2.27 bits per heavy atom. The van der Waals surface area contributed by atoms with Crippen molar-refractivity contribution in [2.75, 3.05) is 39.3 Å². The normalized spacial score (nSPS) is 33.0. The van der Waals surface area contributed by atoms with E-state index in [4.69, 9.17) is 4.74 Å². The molecule has 4 unspecified atom stereocenters. The molecule has 0 aromatic carbocycles. The first-order valence-electron chi connectivity index (χ1n) is 8.31. The number of likely N-dealkylation sites (tertiary alicyclic amines) is 1. The molecule has 2 aliphatic heterocycles. The Hall–Kier alpha value is -0.910. The lowest BCUT2D eigenvalue weighted by atomic mass is 9.96. The maximum atomic E-state index is 12.2. The number of aliphatic hydroxyl groups is 1. The zero-order chi connectivity index (χ0) is 16.3. The van der Waals surface area contributed by atoms with Gasteiger partial charge in [0.15, 0.2) is 0 Å². The summed E-state index contributed by atoms with van der Waals surface area (Å²) in [4.78, 5) is 16.5. The highest BCUT2D eigenvalue weighted by Crippen LogP contribution is 2.26. The molecule has 5 heteroatoms. The number of nitrogens with zero attached hydrogens (tertiary/aromatic N) is 2. The van der Waals surface area contributed by atoms with Crippen molar-refractivity contribution in [3.05, 3.63) is 11.6 Å². The van der Waals surface area contributed by atoms with Crippen LogP contribution in [0.4, 0.5) is 0 Å². The molecule has 1 amide bonds. The number of amides is 1. The third-order valence-corrected chi connectivity index (χ3v) is 4.52. The number of rotatable bonds is 4. The minimum atomic E-state index is 0.0738. The van der Waals surface area contributed by atoms with Gasteiger partial charge in [-0.25, -0.2) is 0 Å². The SMILES string of the molecule is CC(C)=CC(=O)N1CC(CO)C(CN2CC(C)OC(C)C2)C1. The second-order valence-electron chi connectivity index (χ2n) is 7.14. The summed E-state index contributed by atoms with van der Waals surface area (Å²) in [6.45, 7) is 12.4. The van der Waals surface area contributed by atoms with Gasteiger partial charge in [-0.15, -0.1) is 0 Å². The van der Waals surface area contributed by atoms with Crippen LogP contribution in [0, 0.1) is 11.8 Å². The Morgan fingerprint density at radius 2 is 1.73 bits per heavy atom. The Kier molecular flexibility index (Phi) is 6.01. The van der Waals surface area contributed by atoms with Crippen LogP contribution in [-0.4, -0.2) is 72.4 Å².